The summed E-state index contributed by atoms with van der Waals surface area (Å²) in [5, 5.41) is 0. The van der Waals surface area contributed by atoms with Crippen LogP contribution in [0.3, 0.4) is 0 Å². The molecule has 0 aliphatic heterocycles. The Bertz CT molecular complexity index is 1050. The molecule has 7 heteroatoms. The highest BCUT2D eigenvalue weighted by Crippen LogP contribution is 2.31. The molecule has 0 spiro atoms. The molecule has 0 aliphatic rings. The van der Waals surface area contributed by atoms with Crippen molar-refractivity contribution in [2.75, 3.05) is 18.5 Å². The first-order valence-electron chi connectivity index (χ1n) is 8.66. The number of hydrogen-bond donors (Lipinski definition) is 0. The van der Waals surface area contributed by atoms with Crippen LogP contribution in [0, 0.1) is 6.92 Å². The molecule has 0 saturated carbocycles. The molecule has 1 aromatic heterocycles. The summed E-state index contributed by atoms with van der Waals surface area (Å²) < 4.78 is 39.0. The van der Waals surface area contributed by atoms with Gasteiger partial charge >= 0.3 is 0 Å². The van der Waals surface area contributed by atoms with Crippen molar-refractivity contribution in [1.82, 2.24) is 4.98 Å². The second-order valence-corrected chi connectivity index (χ2v) is 8.04. The highest BCUT2D eigenvalue weighted by molar-refractivity contribution is 7.92. The Morgan fingerprint density at radius 1 is 0.964 bits per heavy atom. The van der Waals surface area contributed by atoms with Gasteiger partial charge in [-0.2, -0.15) is 0 Å². The van der Waals surface area contributed by atoms with Crippen molar-refractivity contribution in [2.24, 2.45) is 0 Å². The maximum absolute atomic E-state index is 13.6. The van der Waals surface area contributed by atoms with Gasteiger partial charge in [-0.25, -0.2) is 8.42 Å². The maximum atomic E-state index is 13.6. The molecule has 0 fully saturated rings. The number of rotatable bonds is 7. The molecule has 2 aromatic carbocycles. The largest absolute Gasteiger partial charge is 0.497 e. The van der Waals surface area contributed by atoms with Gasteiger partial charge in [0.25, 0.3) is 10.0 Å². The second-order valence-electron chi connectivity index (χ2n) is 6.21. The summed E-state index contributed by atoms with van der Waals surface area (Å²) in [5.74, 6) is 1.19. The van der Waals surface area contributed by atoms with Crippen molar-refractivity contribution >= 4 is 15.7 Å². The SMILES string of the molecule is COc1cccc(N(Cc2cccnc2)S(=O)(=O)c2ccc(OC)cc2C)c1. The van der Waals surface area contributed by atoms with E-state index in [1.54, 1.807) is 82.1 Å². The lowest BCUT2D eigenvalue weighted by atomic mass is 10.2. The van der Waals surface area contributed by atoms with Crippen LogP contribution in [0.2, 0.25) is 0 Å². The maximum Gasteiger partial charge on any atom is 0.264 e. The molecule has 146 valence electrons. The van der Waals surface area contributed by atoms with Gasteiger partial charge in [-0.1, -0.05) is 12.1 Å². The van der Waals surface area contributed by atoms with E-state index in [1.807, 2.05) is 6.07 Å². The molecule has 3 rings (SSSR count). The Labute approximate surface area is 165 Å². The van der Waals surface area contributed by atoms with E-state index in [0.717, 1.165) is 5.56 Å². The van der Waals surface area contributed by atoms with E-state index in [1.165, 1.54) is 4.31 Å². The molecule has 0 atom stereocenters. The zero-order chi connectivity index (χ0) is 20.1. The summed E-state index contributed by atoms with van der Waals surface area (Å²) in [6.45, 7) is 1.90. The minimum atomic E-state index is -3.84. The third kappa shape index (κ3) is 4.09. The fourth-order valence-electron chi connectivity index (χ4n) is 2.90. The van der Waals surface area contributed by atoms with Gasteiger partial charge in [0.2, 0.25) is 0 Å². The smallest absolute Gasteiger partial charge is 0.264 e. The Hall–Kier alpha value is -3.06. The molecule has 0 unspecified atom stereocenters. The molecule has 0 saturated heterocycles. The third-order valence-corrected chi connectivity index (χ3v) is 6.27. The topological polar surface area (TPSA) is 68.7 Å². The monoisotopic (exact) mass is 398 g/mol. The lowest BCUT2D eigenvalue weighted by Crippen LogP contribution is -2.31. The van der Waals surface area contributed by atoms with Crippen LogP contribution in [0.15, 0.2) is 71.9 Å². The van der Waals surface area contributed by atoms with Crippen LogP contribution >= 0.6 is 0 Å². The van der Waals surface area contributed by atoms with Gasteiger partial charge in [0, 0.05) is 18.5 Å². The highest BCUT2D eigenvalue weighted by atomic mass is 32.2. The van der Waals surface area contributed by atoms with Crippen molar-refractivity contribution in [1.29, 1.82) is 0 Å². The molecule has 6 nitrogen and oxygen atoms in total. The predicted molar refractivity (Wildman–Crippen MR) is 108 cm³/mol. The Morgan fingerprint density at radius 3 is 2.36 bits per heavy atom. The van der Waals surface area contributed by atoms with E-state index in [9.17, 15) is 8.42 Å². The Morgan fingerprint density at radius 2 is 1.71 bits per heavy atom. The number of ether oxygens (including phenoxy) is 2. The lowest BCUT2D eigenvalue weighted by Gasteiger charge is -2.26. The van der Waals surface area contributed by atoms with E-state index < -0.39 is 10.0 Å². The number of pyridine rings is 1. The number of aromatic nitrogens is 1. The first kappa shape index (κ1) is 19.7. The zero-order valence-corrected chi connectivity index (χ0v) is 16.8. The minimum absolute atomic E-state index is 0.148. The summed E-state index contributed by atoms with van der Waals surface area (Å²) in [6, 6.07) is 15.5. The van der Waals surface area contributed by atoms with Crippen LogP contribution in [0.4, 0.5) is 5.69 Å². The van der Waals surface area contributed by atoms with E-state index in [4.69, 9.17) is 9.47 Å². The van der Waals surface area contributed by atoms with Gasteiger partial charge < -0.3 is 9.47 Å². The van der Waals surface area contributed by atoms with Crippen LogP contribution < -0.4 is 13.8 Å². The van der Waals surface area contributed by atoms with Crippen molar-refractivity contribution in [3.8, 4) is 11.5 Å². The van der Waals surface area contributed by atoms with Crippen molar-refractivity contribution in [2.45, 2.75) is 18.4 Å². The summed E-state index contributed by atoms with van der Waals surface area (Å²) >= 11 is 0. The second kappa shape index (κ2) is 8.31. The number of benzene rings is 2. The lowest BCUT2D eigenvalue weighted by molar-refractivity contribution is 0.414. The normalized spacial score (nSPS) is 11.1. The van der Waals surface area contributed by atoms with Gasteiger partial charge in [-0.3, -0.25) is 9.29 Å². The Balaban J connectivity index is 2.11. The Kier molecular flexibility index (Phi) is 5.84. The van der Waals surface area contributed by atoms with Crippen LogP contribution in [0.25, 0.3) is 0 Å². The summed E-state index contributed by atoms with van der Waals surface area (Å²) in [6.07, 6.45) is 3.31. The van der Waals surface area contributed by atoms with Crippen LogP contribution in [0.5, 0.6) is 11.5 Å². The van der Waals surface area contributed by atoms with Gasteiger partial charge in [-0.05, 0) is 54.4 Å². The first-order chi connectivity index (χ1) is 13.5. The quantitative estimate of drug-likeness (QED) is 0.605. The number of methoxy groups -OCH3 is 2. The van der Waals surface area contributed by atoms with E-state index in [-0.39, 0.29) is 11.4 Å². The number of hydrogen-bond acceptors (Lipinski definition) is 5. The molecule has 0 amide bonds. The fraction of sp³-hybridized carbons (Fsp3) is 0.190. The number of sulfonamides is 1. The first-order valence-corrected chi connectivity index (χ1v) is 10.1. The number of anilines is 1. The zero-order valence-electron chi connectivity index (χ0n) is 16.0. The highest BCUT2D eigenvalue weighted by Gasteiger charge is 2.27. The molecular formula is C21H22N2O4S. The molecule has 1 heterocycles. The van der Waals surface area contributed by atoms with Gasteiger partial charge in [0.1, 0.15) is 11.5 Å². The van der Waals surface area contributed by atoms with Crippen molar-refractivity contribution < 1.29 is 17.9 Å². The van der Waals surface area contributed by atoms with Crippen molar-refractivity contribution in [3.05, 3.63) is 78.1 Å². The van der Waals surface area contributed by atoms with Crippen molar-refractivity contribution in [3.63, 3.8) is 0 Å². The molecule has 0 bridgehead atoms. The van der Waals surface area contributed by atoms with Crippen LogP contribution in [-0.4, -0.2) is 27.6 Å². The number of aryl methyl sites for hydroxylation is 1. The summed E-state index contributed by atoms with van der Waals surface area (Å²) in [4.78, 5) is 4.32. The average Bonchev–Trinajstić information content (AvgIpc) is 2.72. The predicted octanol–water partition coefficient (Wildman–Crippen LogP) is 3.80. The van der Waals surface area contributed by atoms with Gasteiger partial charge in [0.15, 0.2) is 0 Å². The standard InChI is InChI=1S/C21H22N2O4S/c1-16-12-20(27-3)9-10-21(16)28(24,25)23(15-17-6-5-11-22-14-17)18-7-4-8-19(13-18)26-2/h4-14H,15H2,1-3H3. The molecule has 0 N–H and O–H groups in total. The summed E-state index contributed by atoms with van der Waals surface area (Å²) in [7, 11) is -0.741. The van der Waals surface area contributed by atoms with Gasteiger partial charge in [-0.15, -0.1) is 0 Å². The molecule has 28 heavy (non-hydrogen) atoms. The molecule has 3 aromatic rings. The fourth-order valence-corrected chi connectivity index (χ4v) is 4.55. The van der Waals surface area contributed by atoms with E-state index >= 15 is 0 Å². The minimum Gasteiger partial charge on any atom is -0.497 e. The van der Waals surface area contributed by atoms with E-state index in [0.29, 0.717) is 22.7 Å². The van der Waals surface area contributed by atoms with Crippen LogP contribution in [0.1, 0.15) is 11.1 Å². The van der Waals surface area contributed by atoms with Crippen LogP contribution in [-0.2, 0) is 16.6 Å². The third-order valence-electron chi connectivity index (χ3n) is 4.34. The number of nitrogens with zero attached hydrogens (tertiary/aromatic N) is 2. The summed E-state index contributed by atoms with van der Waals surface area (Å²) in [5.41, 5.74) is 1.90. The van der Waals surface area contributed by atoms with Gasteiger partial charge in [0.05, 0.1) is 31.3 Å². The average molecular weight is 398 g/mol. The molecule has 0 aliphatic carbocycles. The molecular weight excluding hydrogens is 376 g/mol. The van der Waals surface area contributed by atoms with E-state index in [2.05, 4.69) is 4.98 Å². The molecule has 0 radical (unpaired) electrons.